The molecule has 1 unspecified atom stereocenters. The summed E-state index contributed by atoms with van der Waals surface area (Å²) in [6.45, 7) is 6.93. The van der Waals surface area contributed by atoms with E-state index in [9.17, 15) is 4.79 Å². The lowest BCUT2D eigenvalue weighted by Crippen LogP contribution is -2.51. The van der Waals surface area contributed by atoms with Crippen molar-refractivity contribution in [2.75, 3.05) is 26.2 Å². The van der Waals surface area contributed by atoms with Crippen molar-refractivity contribution in [3.05, 3.63) is 23.7 Å². The molecule has 1 fully saturated rings. The van der Waals surface area contributed by atoms with Gasteiger partial charge in [0.15, 0.2) is 0 Å². The predicted molar refractivity (Wildman–Crippen MR) is 70.6 cm³/mol. The van der Waals surface area contributed by atoms with Crippen LogP contribution in [0.3, 0.4) is 0 Å². The van der Waals surface area contributed by atoms with Gasteiger partial charge in [-0.15, -0.1) is 0 Å². The first-order chi connectivity index (χ1) is 9.13. The zero-order valence-electron chi connectivity index (χ0n) is 11.4. The van der Waals surface area contributed by atoms with Gasteiger partial charge in [0.25, 0.3) is 5.91 Å². The Morgan fingerprint density at radius 2 is 2.16 bits per heavy atom. The summed E-state index contributed by atoms with van der Waals surface area (Å²) in [5.74, 6) is 0.712. The summed E-state index contributed by atoms with van der Waals surface area (Å²) in [5, 5.41) is 8.71. The fourth-order valence-corrected chi connectivity index (χ4v) is 2.40. The number of nitrogens with zero attached hydrogens (tertiary/aromatic N) is 3. The van der Waals surface area contributed by atoms with Gasteiger partial charge < -0.3 is 9.32 Å². The summed E-state index contributed by atoms with van der Waals surface area (Å²) in [5.41, 5.74) is 0.651. The molecule has 0 bridgehead atoms. The fourth-order valence-electron chi connectivity index (χ4n) is 2.40. The fraction of sp³-hybridized carbons (Fsp3) is 0.571. The van der Waals surface area contributed by atoms with E-state index in [1.807, 2.05) is 4.90 Å². The highest BCUT2D eigenvalue weighted by Crippen LogP contribution is 2.15. The van der Waals surface area contributed by atoms with E-state index in [0.29, 0.717) is 30.8 Å². The van der Waals surface area contributed by atoms with E-state index < -0.39 is 0 Å². The second-order valence-electron chi connectivity index (χ2n) is 4.93. The Bertz CT molecular complexity index is 481. The van der Waals surface area contributed by atoms with Gasteiger partial charge in [-0.3, -0.25) is 9.69 Å². The Balaban J connectivity index is 1.92. The Hall–Kier alpha value is -1.80. The minimum Gasteiger partial charge on any atom is -0.469 e. The highest BCUT2D eigenvalue weighted by atomic mass is 16.3. The van der Waals surface area contributed by atoms with Crippen molar-refractivity contribution in [2.24, 2.45) is 0 Å². The second kappa shape index (κ2) is 5.89. The Morgan fingerprint density at radius 3 is 2.68 bits per heavy atom. The standard InChI is InChI=1S/C14H19N3O2/c1-11(3-5-15)16-6-8-17(9-7-16)14(18)13-4-10-19-12(13)2/h4,10-11H,3,6-9H2,1-2H3. The molecule has 1 amide bonds. The molecule has 0 saturated carbocycles. The smallest absolute Gasteiger partial charge is 0.257 e. The Kier molecular flexibility index (Phi) is 4.23. The maximum atomic E-state index is 12.3. The van der Waals surface area contributed by atoms with Crippen LogP contribution >= 0.6 is 0 Å². The number of hydrogen-bond acceptors (Lipinski definition) is 4. The first-order valence-corrected chi connectivity index (χ1v) is 6.58. The molecule has 5 nitrogen and oxygen atoms in total. The highest BCUT2D eigenvalue weighted by molar-refractivity contribution is 5.95. The summed E-state index contributed by atoms with van der Waals surface area (Å²) in [7, 11) is 0. The van der Waals surface area contributed by atoms with Gasteiger partial charge in [0.2, 0.25) is 0 Å². The second-order valence-corrected chi connectivity index (χ2v) is 4.93. The van der Waals surface area contributed by atoms with Crippen molar-refractivity contribution < 1.29 is 9.21 Å². The molecule has 5 heteroatoms. The lowest BCUT2D eigenvalue weighted by molar-refractivity contribution is 0.0584. The summed E-state index contributed by atoms with van der Waals surface area (Å²) < 4.78 is 5.17. The van der Waals surface area contributed by atoms with Crippen LogP contribution < -0.4 is 0 Å². The molecule has 1 atom stereocenters. The van der Waals surface area contributed by atoms with Crippen LogP contribution in [0.15, 0.2) is 16.7 Å². The molecule has 0 aliphatic carbocycles. The molecule has 19 heavy (non-hydrogen) atoms. The SMILES string of the molecule is Cc1occc1C(=O)N1CCN(C(C)CC#N)CC1. The third-order valence-electron chi connectivity index (χ3n) is 3.70. The molecule has 0 N–H and O–H groups in total. The number of carbonyl (C=O) groups excluding carboxylic acids is 1. The van der Waals surface area contributed by atoms with E-state index in [4.69, 9.17) is 9.68 Å². The third-order valence-corrected chi connectivity index (χ3v) is 3.70. The average Bonchev–Trinajstić information content (AvgIpc) is 2.84. The molecule has 2 heterocycles. The number of nitriles is 1. The van der Waals surface area contributed by atoms with E-state index >= 15 is 0 Å². The van der Waals surface area contributed by atoms with Gasteiger partial charge in [-0.25, -0.2) is 0 Å². The Morgan fingerprint density at radius 1 is 1.47 bits per heavy atom. The summed E-state index contributed by atoms with van der Waals surface area (Å²) in [4.78, 5) is 16.4. The maximum Gasteiger partial charge on any atom is 0.257 e. The van der Waals surface area contributed by atoms with Crippen LogP contribution in [0.25, 0.3) is 0 Å². The van der Waals surface area contributed by atoms with Crippen LogP contribution in [0.1, 0.15) is 29.5 Å². The van der Waals surface area contributed by atoms with Crippen molar-refractivity contribution in [2.45, 2.75) is 26.3 Å². The number of piperazine rings is 1. The monoisotopic (exact) mass is 261 g/mol. The van der Waals surface area contributed by atoms with E-state index in [2.05, 4.69) is 17.9 Å². The number of furan rings is 1. The number of amides is 1. The summed E-state index contributed by atoms with van der Waals surface area (Å²) in [6, 6.07) is 4.18. The molecule has 0 spiro atoms. The molecule has 102 valence electrons. The summed E-state index contributed by atoms with van der Waals surface area (Å²) in [6.07, 6.45) is 2.09. The normalized spacial score (nSPS) is 18.1. The molecule has 1 aromatic rings. The van der Waals surface area contributed by atoms with Gasteiger partial charge in [0.1, 0.15) is 5.76 Å². The van der Waals surface area contributed by atoms with Crippen LogP contribution in [0, 0.1) is 18.3 Å². The maximum absolute atomic E-state index is 12.3. The zero-order valence-corrected chi connectivity index (χ0v) is 11.4. The van der Waals surface area contributed by atoms with E-state index in [-0.39, 0.29) is 11.9 Å². The van der Waals surface area contributed by atoms with Crippen molar-refractivity contribution in [1.29, 1.82) is 5.26 Å². The van der Waals surface area contributed by atoms with Crippen LogP contribution in [0.4, 0.5) is 0 Å². The van der Waals surface area contributed by atoms with Gasteiger partial charge in [-0.2, -0.15) is 5.26 Å². The predicted octanol–water partition coefficient (Wildman–Crippen LogP) is 1.65. The van der Waals surface area contributed by atoms with Gasteiger partial charge in [0.05, 0.1) is 24.3 Å². The molecule has 2 rings (SSSR count). The van der Waals surface area contributed by atoms with Crippen molar-refractivity contribution >= 4 is 5.91 Å². The van der Waals surface area contributed by atoms with Crippen LogP contribution in [0.5, 0.6) is 0 Å². The van der Waals surface area contributed by atoms with E-state index in [0.717, 1.165) is 13.1 Å². The number of carbonyl (C=O) groups is 1. The molecular formula is C14H19N3O2. The first-order valence-electron chi connectivity index (χ1n) is 6.58. The topological polar surface area (TPSA) is 60.5 Å². The molecular weight excluding hydrogens is 242 g/mol. The van der Waals surface area contributed by atoms with Crippen LogP contribution in [0.2, 0.25) is 0 Å². The van der Waals surface area contributed by atoms with Crippen molar-refractivity contribution in [1.82, 2.24) is 9.80 Å². The largest absolute Gasteiger partial charge is 0.469 e. The Labute approximate surface area is 113 Å². The van der Waals surface area contributed by atoms with Crippen molar-refractivity contribution in [3.63, 3.8) is 0 Å². The van der Waals surface area contributed by atoms with Crippen molar-refractivity contribution in [3.8, 4) is 6.07 Å². The zero-order chi connectivity index (χ0) is 13.8. The van der Waals surface area contributed by atoms with Crippen LogP contribution in [-0.4, -0.2) is 47.9 Å². The third kappa shape index (κ3) is 2.96. The molecule has 1 saturated heterocycles. The average molecular weight is 261 g/mol. The molecule has 1 aliphatic heterocycles. The minimum atomic E-state index is 0.0406. The van der Waals surface area contributed by atoms with Gasteiger partial charge in [-0.1, -0.05) is 0 Å². The lowest BCUT2D eigenvalue weighted by atomic mass is 10.1. The van der Waals surface area contributed by atoms with E-state index in [1.54, 1.807) is 19.3 Å². The van der Waals surface area contributed by atoms with Gasteiger partial charge >= 0.3 is 0 Å². The first kappa shape index (κ1) is 13.6. The minimum absolute atomic E-state index is 0.0406. The molecule has 0 aromatic carbocycles. The van der Waals surface area contributed by atoms with E-state index in [1.165, 1.54) is 0 Å². The molecule has 0 radical (unpaired) electrons. The number of aryl methyl sites for hydroxylation is 1. The summed E-state index contributed by atoms with van der Waals surface area (Å²) >= 11 is 0. The highest BCUT2D eigenvalue weighted by Gasteiger charge is 2.25. The quantitative estimate of drug-likeness (QED) is 0.830. The van der Waals surface area contributed by atoms with Gasteiger partial charge in [0, 0.05) is 32.2 Å². The molecule has 1 aliphatic rings. The lowest BCUT2D eigenvalue weighted by Gasteiger charge is -2.37. The number of rotatable bonds is 3. The molecule has 1 aromatic heterocycles. The number of hydrogen-bond donors (Lipinski definition) is 0. The van der Waals surface area contributed by atoms with Gasteiger partial charge in [-0.05, 0) is 19.9 Å². The van der Waals surface area contributed by atoms with Crippen LogP contribution in [-0.2, 0) is 0 Å².